The molecule has 0 spiro atoms. The maximum atomic E-state index is 12.0. The molecule has 2 rings (SSSR count). The van der Waals surface area contributed by atoms with Gasteiger partial charge in [0.2, 0.25) is 0 Å². The second kappa shape index (κ2) is 5.44. The highest BCUT2D eigenvalue weighted by atomic mass is 32.2. The number of hydrogen-bond donors (Lipinski definition) is 1. The van der Waals surface area contributed by atoms with Crippen LogP contribution in [0, 0.1) is 6.92 Å². The Morgan fingerprint density at radius 3 is 2.68 bits per heavy atom. The summed E-state index contributed by atoms with van der Waals surface area (Å²) in [4.78, 5) is 0.317. The van der Waals surface area contributed by atoms with E-state index in [-0.39, 0.29) is 5.75 Å². The number of hydrogen-bond acceptors (Lipinski definition) is 5. The minimum Gasteiger partial charge on any atom is -0.378 e. The van der Waals surface area contributed by atoms with Crippen LogP contribution in [0.15, 0.2) is 39.8 Å². The van der Waals surface area contributed by atoms with Crippen LogP contribution in [0.1, 0.15) is 18.4 Å². The highest BCUT2D eigenvalue weighted by Gasteiger charge is 2.15. The Bertz CT molecular complexity index is 662. The van der Waals surface area contributed by atoms with Gasteiger partial charge in [0, 0.05) is 6.07 Å². The fourth-order valence-electron chi connectivity index (χ4n) is 1.73. The molecule has 5 nitrogen and oxygen atoms in total. The zero-order chi connectivity index (χ0) is 13.9. The van der Waals surface area contributed by atoms with Crippen LogP contribution in [0.3, 0.4) is 0 Å². The maximum Gasteiger partial charge on any atom is 0.180 e. The van der Waals surface area contributed by atoms with Crippen LogP contribution in [0.4, 0.5) is 5.69 Å². The molecule has 1 N–H and O–H groups in total. The van der Waals surface area contributed by atoms with Gasteiger partial charge in [0.15, 0.2) is 9.84 Å². The Hall–Kier alpha value is -1.82. The predicted molar refractivity (Wildman–Crippen MR) is 72.7 cm³/mol. The molecule has 2 aromatic rings. The van der Waals surface area contributed by atoms with Crippen LogP contribution >= 0.6 is 0 Å². The number of para-hydroxylation sites is 1. The normalized spacial score (nSPS) is 11.5. The van der Waals surface area contributed by atoms with Crippen LogP contribution in [0.5, 0.6) is 0 Å². The molecule has 0 aliphatic heterocycles. The Labute approximate surface area is 112 Å². The molecule has 0 fully saturated rings. The third-order valence-electron chi connectivity index (χ3n) is 2.74. The fraction of sp³-hybridized carbons (Fsp3) is 0.308. The Kier molecular flexibility index (Phi) is 3.90. The third-order valence-corrected chi connectivity index (χ3v) is 4.53. The van der Waals surface area contributed by atoms with E-state index < -0.39 is 9.84 Å². The quantitative estimate of drug-likeness (QED) is 0.910. The molecule has 102 valence electrons. The molecule has 0 bridgehead atoms. The van der Waals surface area contributed by atoms with E-state index in [1.54, 1.807) is 31.2 Å². The van der Waals surface area contributed by atoms with E-state index in [1.807, 2.05) is 13.0 Å². The predicted octanol–water partition coefficient (Wildman–Crippen LogP) is 2.39. The maximum absolute atomic E-state index is 12.0. The van der Waals surface area contributed by atoms with Crippen molar-refractivity contribution in [3.8, 4) is 0 Å². The van der Waals surface area contributed by atoms with Gasteiger partial charge in [0.05, 0.1) is 22.9 Å². The SMILES string of the molecule is CCS(=O)(=O)c1ccccc1NCc1cc(C)on1. The van der Waals surface area contributed by atoms with Crippen molar-refractivity contribution in [2.24, 2.45) is 0 Å². The van der Waals surface area contributed by atoms with Crippen LogP contribution in [-0.4, -0.2) is 19.3 Å². The van der Waals surface area contributed by atoms with Gasteiger partial charge >= 0.3 is 0 Å². The standard InChI is InChI=1S/C13H16N2O3S/c1-3-19(16,17)13-7-5-4-6-12(13)14-9-11-8-10(2)18-15-11/h4-8,14H,3,9H2,1-2H3. The number of benzene rings is 1. The van der Waals surface area contributed by atoms with Gasteiger partial charge in [-0.15, -0.1) is 0 Å². The summed E-state index contributed by atoms with van der Waals surface area (Å²) >= 11 is 0. The summed E-state index contributed by atoms with van der Waals surface area (Å²) in [6, 6.07) is 8.67. The van der Waals surface area contributed by atoms with Crippen molar-refractivity contribution in [3.05, 3.63) is 41.8 Å². The summed E-state index contributed by atoms with van der Waals surface area (Å²) in [7, 11) is -3.23. The van der Waals surface area contributed by atoms with Gasteiger partial charge in [-0.1, -0.05) is 24.2 Å². The number of anilines is 1. The number of nitrogens with one attached hydrogen (secondary N) is 1. The van der Waals surface area contributed by atoms with Crippen molar-refractivity contribution in [2.45, 2.75) is 25.3 Å². The topological polar surface area (TPSA) is 72.2 Å². The minimum absolute atomic E-state index is 0.0781. The summed E-state index contributed by atoms with van der Waals surface area (Å²) < 4.78 is 28.9. The summed E-state index contributed by atoms with van der Waals surface area (Å²) in [6.07, 6.45) is 0. The van der Waals surface area contributed by atoms with E-state index in [4.69, 9.17) is 4.52 Å². The Morgan fingerprint density at radius 1 is 1.32 bits per heavy atom. The van der Waals surface area contributed by atoms with Gasteiger partial charge in [-0.2, -0.15) is 0 Å². The highest BCUT2D eigenvalue weighted by molar-refractivity contribution is 7.91. The number of rotatable bonds is 5. The van der Waals surface area contributed by atoms with Gasteiger partial charge < -0.3 is 9.84 Å². The molecule has 1 aromatic carbocycles. The smallest absolute Gasteiger partial charge is 0.180 e. The van der Waals surface area contributed by atoms with Gasteiger partial charge in [0.25, 0.3) is 0 Å². The average Bonchev–Trinajstić information content (AvgIpc) is 2.82. The lowest BCUT2D eigenvalue weighted by Crippen LogP contribution is -2.09. The second-order valence-corrected chi connectivity index (χ2v) is 6.43. The third kappa shape index (κ3) is 3.14. The molecule has 0 radical (unpaired) electrons. The molecule has 0 aliphatic carbocycles. The van der Waals surface area contributed by atoms with E-state index >= 15 is 0 Å². The van der Waals surface area contributed by atoms with Gasteiger partial charge in [-0.05, 0) is 19.1 Å². The van der Waals surface area contributed by atoms with Crippen LogP contribution in [0.25, 0.3) is 0 Å². The first-order valence-electron chi connectivity index (χ1n) is 6.01. The van der Waals surface area contributed by atoms with Crippen molar-refractivity contribution < 1.29 is 12.9 Å². The van der Waals surface area contributed by atoms with E-state index in [2.05, 4.69) is 10.5 Å². The molecular weight excluding hydrogens is 264 g/mol. The molecule has 0 unspecified atom stereocenters. The molecule has 19 heavy (non-hydrogen) atoms. The van der Waals surface area contributed by atoms with Crippen LogP contribution < -0.4 is 5.32 Å². The largest absolute Gasteiger partial charge is 0.378 e. The number of sulfone groups is 1. The molecular formula is C13H16N2O3S. The second-order valence-electron chi connectivity index (χ2n) is 4.18. The lowest BCUT2D eigenvalue weighted by Gasteiger charge is -2.10. The van der Waals surface area contributed by atoms with E-state index in [9.17, 15) is 8.42 Å². The summed E-state index contributed by atoms with van der Waals surface area (Å²) in [5.41, 5.74) is 1.33. The Balaban J connectivity index is 2.21. The molecule has 0 aliphatic rings. The first-order valence-corrected chi connectivity index (χ1v) is 7.66. The molecule has 0 atom stereocenters. The van der Waals surface area contributed by atoms with E-state index in [0.717, 1.165) is 11.5 Å². The molecule has 0 amide bonds. The van der Waals surface area contributed by atoms with Crippen LogP contribution in [-0.2, 0) is 16.4 Å². The van der Waals surface area contributed by atoms with Crippen molar-refractivity contribution in [2.75, 3.05) is 11.1 Å². The number of aromatic nitrogens is 1. The minimum atomic E-state index is -3.23. The van der Waals surface area contributed by atoms with Gasteiger partial charge in [0.1, 0.15) is 11.5 Å². The van der Waals surface area contributed by atoms with Crippen molar-refractivity contribution in [1.29, 1.82) is 0 Å². The zero-order valence-corrected chi connectivity index (χ0v) is 11.7. The van der Waals surface area contributed by atoms with Crippen LogP contribution in [0.2, 0.25) is 0 Å². The average molecular weight is 280 g/mol. The van der Waals surface area contributed by atoms with Crippen molar-refractivity contribution >= 4 is 15.5 Å². The summed E-state index contributed by atoms with van der Waals surface area (Å²) in [5, 5.41) is 6.94. The number of aryl methyl sites for hydroxylation is 1. The number of nitrogens with zero attached hydrogens (tertiary/aromatic N) is 1. The summed E-state index contributed by atoms with van der Waals surface area (Å²) in [5.74, 6) is 0.806. The lowest BCUT2D eigenvalue weighted by molar-refractivity contribution is 0.391. The molecule has 1 aromatic heterocycles. The first-order chi connectivity index (χ1) is 9.03. The molecule has 6 heteroatoms. The van der Waals surface area contributed by atoms with E-state index in [0.29, 0.717) is 17.1 Å². The van der Waals surface area contributed by atoms with Crippen molar-refractivity contribution in [1.82, 2.24) is 5.16 Å². The lowest BCUT2D eigenvalue weighted by atomic mass is 10.3. The highest BCUT2D eigenvalue weighted by Crippen LogP contribution is 2.22. The Morgan fingerprint density at radius 2 is 2.05 bits per heavy atom. The summed E-state index contributed by atoms with van der Waals surface area (Å²) in [6.45, 7) is 3.87. The molecule has 1 heterocycles. The van der Waals surface area contributed by atoms with Crippen molar-refractivity contribution in [3.63, 3.8) is 0 Å². The fourth-order valence-corrected chi connectivity index (χ4v) is 2.80. The zero-order valence-electron chi connectivity index (χ0n) is 10.9. The first kappa shape index (κ1) is 13.6. The monoisotopic (exact) mass is 280 g/mol. The van der Waals surface area contributed by atoms with Gasteiger partial charge in [-0.3, -0.25) is 0 Å². The van der Waals surface area contributed by atoms with E-state index in [1.165, 1.54) is 0 Å². The van der Waals surface area contributed by atoms with Gasteiger partial charge in [-0.25, -0.2) is 8.42 Å². The molecule has 0 saturated heterocycles. The molecule has 0 saturated carbocycles.